The number of hydrogen-bond acceptors (Lipinski definition) is 7. The van der Waals surface area contributed by atoms with Gasteiger partial charge in [0.25, 0.3) is 11.9 Å². The van der Waals surface area contributed by atoms with Gasteiger partial charge in [-0.2, -0.15) is 0 Å². The van der Waals surface area contributed by atoms with Gasteiger partial charge >= 0.3 is 0 Å². The third-order valence-electron chi connectivity index (χ3n) is 4.09. The van der Waals surface area contributed by atoms with E-state index in [1.54, 1.807) is 31.4 Å². The van der Waals surface area contributed by atoms with Crippen molar-refractivity contribution in [3.05, 3.63) is 53.6 Å². The molecule has 2 aromatic rings. The summed E-state index contributed by atoms with van der Waals surface area (Å²) in [5.74, 6) is 1.73. The number of carbonyl (C=O) groups is 1. The van der Waals surface area contributed by atoms with Crippen LogP contribution in [0.5, 0.6) is 17.2 Å². The van der Waals surface area contributed by atoms with Gasteiger partial charge in [-0.25, -0.2) is 4.99 Å². The van der Waals surface area contributed by atoms with Crippen molar-refractivity contribution in [3.63, 3.8) is 0 Å². The first-order valence-electron chi connectivity index (χ1n) is 9.28. The van der Waals surface area contributed by atoms with E-state index < -0.39 is 0 Å². The van der Waals surface area contributed by atoms with Gasteiger partial charge in [-0.3, -0.25) is 10.1 Å². The highest BCUT2D eigenvalue weighted by atomic mass is 16.7. The van der Waals surface area contributed by atoms with Gasteiger partial charge in [-0.05, 0) is 48.9 Å². The normalized spacial score (nSPS) is 12.6. The van der Waals surface area contributed by atoms with Crippen molar-refractivity contribution in [2.24, 2.45) is 4.99 Å². The Bertz CT molecular complexity index is 851. The number of rotatable bonds is 8. The average Bonchev–Trinajstić information content (AvgIpc) is 3.22. The van der Waals surface area contributed by atoms with Crippen LogP contribution in [0.3, 0.4) is 0 Å². The Morgan fingerprint density at radius 1 is 1.10 bits per heavy atom. The Balaban J connectivity index is 1.67. The van der Waals surface area contributed by atoms with E-state index in [1.165, 1.54) is 0 Å². The topological polar surface area (TPSA) is 87.6 Å². The highest BCUT2D eigenvalue weighted by Crippen LogP contribution is 2.32. The van der Waals surface area contributed by atoms with Crippen molar-refractivity contribution < 1.29 is 28.5 Å². The van der Waals surface area contributed by atoms with Crippen molar-refractivity contribution in [2.75, 3.05) is 33.7 Å². The van der Waals surface area contributed by atoms with Gasteiger partial charge in [0.05, 0.1) is 20.3 Å². The molecule has 1 aliphatic rings. The molecule has 0 radical (unpaired) electrons. The van der Waals surface area contributed by atoms with Crippen LogP contribution in [0.2, 0.25) is 0 Å². The molecule has 0 bridgehead atoms. The molecule has 8 nitrogen and oxygen atoms in total. The van der Waals surface area contributed by atoms with E-state index in [9.17, 15) is 4.79 Å². The van der Waals surface area contributed by atoms with Gasteiger partial charge in [0.2, 0.25) is 6.79 Å². The molecule has 1 heterocycles. The van der Waals surface area contributed by atoms with Crippen molar-refractivity contribution in [3.8, 4) is 17.2 Å². The maximum Gasteiger partial charge on any atom is 0.292 e. The summed E-state index contributed by atoms with van der Waals surface area (Å²) in [6.45, 7) is 3.69. The zero-order valence-corrected chi connectivity index (χ0v) is 16.5. The highest BCUT2D eigenvalue weighted by Gasteiger charge is 2.14. The molecule has 0 aliphatic carbocycles. The second-order valence-corrected chi connectivity index (χ2v) is 6.04. The number of hydrogen-bond donors (Lipinski definition) is 1. The van der Waals surface area contributed by atoms with E-state index in [0.717, 1.165) is 5.56 Å². The van der Waals surface area contributed by atoms with Crippen LogP contribution < -0.4 is 19.5 Å². The summed E-state index contributed by atoms with van der Waals surface area (Å²) >= 11 is 0. The van der Waals surface area contributed by atoms with Crippen molar-refractivity contribution in [1.82, 2.24) is 5.32 Å². The molecule has 0 fully saturated rings. The molecule has 3 rings (SSSR count). The Kier molecular flexibility index (Phi) is 7.29. The highest BCUT2D eigenvalue weighted by molar-refractivity contribution is 6.04. The second-order valence-electron chi connectivity index (χ2n) is 6.04. The number of aliphatic imine (C=N–C) groups is 1. The lowest BCUT2D eigenvalue weighted by Crippen LogP contribution is -2.33. The predicted octanol–water partition coefficient (Wildman–Crippen LogP) is 2.76. The number of fused-ring (bicyclic) bond motifs is 1. The van der Waals surface area contributed by atoms with Gasteiger partial charge < -0.3 is 23.7 Å². The molecule has 0 spiro atoms. The Morgan fingerprint density at radius 3 is 2.66 bits per heavy atom. The van der Waals surface area contributed by atoms with Gasteiger partial charge in [0, 0.05) is 12.2 Å². The minimum absolute atomic E-state index is 0.128. The minimum atomic E-state index is -0.325. The zero-order valence-electron chi connectivity index (χ0n) is 16.5. The molecule has 154 valence electrons. The van der Waals surface area contributed by atoms with Gasteiger partial charge in [-0.1, -0.05) is 6.07 Å². The molecule has 1 aliphatic heterocycles. The summed E-state index contributed by atoms with van der Waals surface area (Å²) in [7, 11) is 1.57. The fourth-order valence-electron chi connectivity index (χ4n) is 2.58. The summed E-state index contributed by atoms with van der Waals surface area (Å²) in [6.07, 6.45) is 0. The first-order valence-corrected chi connectivity index (χ1v) is 9.28. The number of ether oxygens (including phenoxy) is 5. The van der Waals surface area contributed by atoms with Crippen molar-refractivity contribution in [1.29, 1.82) is 0 Å². The Morgan fingerprint density at radius 2 is 1.90 bits per heavy atom. The molecule has 29 heavy (non-hydrogen) atoms. The van der Waals surface area contributed by atoms with E-state index >= 15 is 0 Å². The SMILES string of the molecule is CCOCCOC(=NCc1ccc2c(c1)OCO2)NC(=O)c1ccc(OC)cc1. The van der Waals surface area contributed by atoms with Crippen LogP contribution in [0, 0.1) is 0 Å². The van der Waals surface area contributed by atoms with E-state index in [2.05, 4.69) is 10.3 Å². The van der Waals surface area contributed by atoms with E-state index in [0.29, 0.717) is 42.6 Å². The predicted molar refractivity (Wildman–Crippen MR) is 107 cm³/mol. The molecular weight excluding hydrogens is 376 g/mol. The third-order valence-corrected chi connectivity index (χ3v) is 4.09. The molecule has 8 heteroatoms. The number of nitrogens with zero attached hydrogens (tertiary/aromatic N) is 1. The number of methoxy groups -OCH3 is 1. The maximum absolute atomic E-state index is 12.5. The third kappa shape index (κ3) is 5.86. The molecule has 1 N–H and O–H groups in total. The van der Waals surface area contributed by atoms with Gasteiger partial charge in [0.1, 0.15) is 12.4 Å². The summed E-state index contributed by atoms with van der Waals surface area (Å²) < 4.78 is 26.7. The van der Waals surface area contributed by atoms with Crippen LogP contribution in [0.1, 0.15) is 22.8 Å². The second kappa shape index (κ2) is 10.3. The molecular formula is C21H24N2O6. The standard InChI is InChI=1S/C21H24N2O6/c1-3-26-10-11-27-21(23-20(24)16-5-7-17(25-2)8-6-16)22-13-15-4-9-18-19(12-15)29-14-28-18/h4-9,12H,3,10-11,13-14H2,1-2H3,(H,22,23,24). The van der Waals surface area contributed by atoms with Gasteiger partial charge in [0.15, 0.2) is 11.5 Å². The van der Waals surface area contributed by atoms with E-state index in [-0.39, 0.29) is 25.3 Å². The van der Waals surface area contributed by atoms with Crippen LogP contribution in [-0.2, 0) is 16.0 Å². The smallest absolute Gasteiger partial charge is 0.292 e. The molecule has 1 amide bonds. The van der Waals surface area contributed by atoms with Crippen molar-refractivity contribution in [2.45, 2.75) is 13.5 Å². The van der Waals surface area contributed by atoms with E-state index in [1.807, 2.05) is 25.1 Å². The summed E-state index contributed by atoms with van der Waals surface area (Å²) in [4.78, 5) is 16.9. The molecule has 0 saturated carbocycles. The van der Waals surface area contributed by atoms with Gasteiger partial charge in [-0.15, -0.1) is 0 Å². The molecule has 0 aromatic heterocycles. The molecule has 0 atom stereocenters. The van der Waals surface area contributed by atoms with Crippen molar-refractivity contribution >= 4 is 11.9 Å². The summed E-state index contributed by atoms with van der Waals surface area (Å²) in [5.41, 5.74) is 1.37. The number of nitrogens with one attached hydrogen (secondary N) is 1. The van der Waals surface area contributed by atoms with Crippen LogP contribution >= 0.6 is 0 Å². The van der Waals surface area contributed by atoms with Crippen LogP contribution in [-0.4, -0.2) is 45.7 Å². The fraction of sp³-hybridized carbons (Fsp3) is 0.333. The lowest BCUT2D eigenvalue weighted by molar-refractivity contribution is 0.0922. The zero-order chi connectivity index (χ0) is 20.5. The number of amides is 1. The first-order chi connectivity index (χ1) is 14.2. The van der Waals surface area contributed by atoms with Crippen LogP contribution in [0.25, 0.3) is 0 Å². The largest absolute Gasteiger partial charge is 0.497 e. The minimum Gasteiger partial charge on any atom is -0.497 e. The molecule has 2 aromatic carbocycles. The Labute approximate surface area is 169 Å². The lowest BCUT2D eigenvalue weighted by atomic mass is 10.2. The number of amidine groups is 1. The summed E-state index contributed by atoms with van der Waals surface area (Å²) in [6, 6.07) is 12.5. The number of carbonyl (C=O) groups excluding carboxylic acids is 1. The van der Waals surface area contributed by atoms with Crippen LogP contribution in [0.15, 0.2) is 47.5 Å². The molecule has 0 saturated heterocycles. The Hall–Kier alpha value is -3.26. The van der Waals surface area contributed by atoms with E-state index in [4.69, 9.17) is 23.7 Å². The summed E-state index contributed by atoms with van der Waals surface area (Å²) in [5, 5.41) is 2.71. The maximum atomic E-state index is 12.5. The fourth-order valence-corrected chi connectivity index (χ4v) is 2.58. The number of benzene rings is 2. The first kappa shape index (κ1) is 20.5. The van der Waals surface area contributed by atoms with Crippen LogP contribution in [0.4, 0.5) is 0 Å². The lowest BCUT2D eigenvalue weighted by Gasteiger charge is -2.11. The average molecular weight is 400 g/mol. The monoisotopic (exact) mass is 400 g/mol. The quantitative estimate of drug-likeness (QED) is 0.417. The molecule has 0 unspecified atom stereocenters.